The molecule has 9 nitrogen and oxygen atoms in total. The molecular formula is C30H48N2O7. The number of aliphatic hydroxyl groups is 2. The first-order valence-corrected chi connectivity index (χ1v) is 14.1. The second-order valence-electron chi connectivity index (χ2n) is 9.45. The van der Waals surface area contributed by atoms with Gasteiger partial charge in [0, 0.05) is 62.1 Å². The van der Waals surface area contributed by atoms with Gasteiger partial charge in [-0.15, -0.1) is 0 Å². The lowest BCUT2D eigenvalue weighted by atomic mass is 10.2. The molecule has 2 aromatic carbocycles. The molecule has 2 unspecified atom stereocenters. The molecule has 0 amide bonds. The molecule has 0 saturated heterocycles. The number of hydrogen-bond acceptors (Lipinski definition) is 9. The lowest BCUT2D eigenvalue weighted by Crippen LogP contribution is -2.06. The SMILES string of the molecule is Nc1ccc(C(O)OCCCCOCCCCOCCCCOCCCCOC(O)c2ccc(N)cc2)cc1. The summed E-state index contributed by atoms with van der Waals surface area (Å²) in [7, 11) is 0. The highest BCUT2D eigenvalue weighted by molar-refractivity contribution is 5.40. The standard InChI is InChI=1S/C30H48N2O7/c31-27-13-9-25(10-14-27)29(33)38-23-7-5-21-36-19-3-1-17-35-18-2-4-20-37-22-6-8-24-39-30(34)26-11-15-28(32)16-12-26/h9-16,29-30,33-34H,1-8,17-24,31-32H2. The van der Waals surface area contributed by atoms with E-state index in [9.17, 15) is 10.2 Å². The second-order valence-corrected chi connectivity index (χ2v) is 9.45. The average Bonchev–Trinajstić information content (AvgIpc) is 2.94. The molecule has 39 heavy (non-hydrogen) atoms. The van der Waals surface area contributed by atoms with E-state index < -0.39 is 12.6 Å². The lowest BCUT2D eigenvalue weighted by Gasteiger charge is -2.12. The molecule has 0 aliphatic rings. The van der Waals surface area contributed by atoms with Crippen molar-refractivity contribution in [3.05, 3.63) is 59.7 Å². The zero-order valence-electron chi connectivity index (χ0n) is 23.2. The highest BCUT2D eigenvalue weighted by atomic mass is 16.6. The number of nitrogen functional groups attached to an aromatic ring is 2. The number of rotatable bonds is 24. The van der Waals surface area contributed by atoms with Gasteiger partial charge in [0.25, 0.3) is 0 Å². The average molecular weight is 549 g/mol. The van der Waals surface area contributed by atoms with Crippen molar-refractivity contribution in [1.82, 2.24) is 0 Å². The summed E-state index contributed by atoms with van der Waals surface area (Å²) in [6, 6.07) is 14.1. The van der Waals surface area contributed by atoms with Gasteiger partial charge >= 0.3 is 0 Å². The van der Waals surface area contributed by atoms with Crippen molar-refractivity contribution in [1.29, 1.82) is 0 Å². The van der Waals surface area contributed by atoms with Crippen LogP contribution in [0.25, 0.3) is 0 Å². The van der Waals surface area contributed by atoms with Crippen LogP contribution in [0.15, 0.2) is 48.5 Å². The van der Waals surface area contributed by atoms with E-state index in [-0.39, 0.29) is 0 Å². The second kappa shape index (κ2) is 21.6. The highest BCUT2D eigenvalue weighted by Gasteiger charge is 2.07. The van der Waals surface area contributed by atoms with E-state index in [0.717, 1.165) is 77.8 Å². The van der Waals surface area contributed by atoms with Crippen LogP contribution in [0.4, 0.5) is 11.4 Å². The van der Waals surface area contributed by atoms with Crippen LogP contribution in [-0.2, 0) is 23.7 Å². The van der Waals surface area contributed by atoms with Crippen molar-refractivity contribution in [2.24, 2.45) is 0 Å². The summed E-state index contributed by atoms with van der Waals surface area (Å²) in [5.74, 6) is 0. The number of benzene rings is 2. The molecule has 0 aliphatic carbocycles. The fraction of sp³-hybridized carbons (Fsp3) is 0.600. The van der Waals surface area contributed by atoms with Crippen LogP contribution in [0.3, 0.4) is 0 Å². The summed E-state index contributed by atoms with van der Waals surface area (Å²) in [4.78, 5) is 0. The molecule has 0 bridgehead atoms. The third-order valence-electron chi connectivity index (χ3n) is 6.02. The zero-order chi connectivity index (χ0) is 28.0. The molecule has 2 rings (SSSR count). The maximum absolute atomic E-state index is 9.99. The van der Waals surface area contributed by atoms with Gasteiger partial charge in [0.15, 0.2) is 12.6 Å². The summed E-state index contributed by atoms with van der Waals surface area (Å²) < 4.78 is 27.9. The normalized spacial score (nSPS) is 13.0. The quantitative estimate of drug-likeness (QED) is 0.0832. The van der Waals surface area contributed by atoms with Crippen LogP contribution < -0.4 is 11.5 Å². The number of ether oxygens (including phenoxy) is 5. The van der Waals surface area contributed by atoms with Crippen LogP contribution in [0.5, 0.6) is 0 Å². The molecule has 0 saturated carbocycles. The molecule has 2 aromatic rings. The minimum Gasteiger partial charge on any atom is -0.399 e. The van der Waals surface area contributed by atoms with Crippen LogP contribution >= 0.6 is 0 Å². The monoisotopic (exact) mass is 548 g/mol. The Labute approximate surface area is 233 Å². The Kier molecular flexibility index (Phi) is 18.2. The van der Waals surface area contributed by atoms with Crippen molar-refractivity contribution >= 4 is 11.4 Å². The smallest absolute Gasteiger partial charge is 0.181 e. The maximum Gasteiger partial charge on any atom is 0.181 e. The first-order chi connectivity index (χ1) is 19.1. The number of aliphatic hydroxyl groups excluding tert-OH is 2. The van der Waals surface area contributed by atoms with Gasteiger partial charge in [-0.3, -0.25) is 0 Å². The minimum atomic E-state index is -0.918. The summed E-state index contributed by atoms with van der Waals surface area (Å²) in [5.41, 5.74) is 14.0. The Morgan fingerprint density at radius 2 is 0.692 bits per heavy atom. The lowest BCUT2D eigenvalue weighted by molar-refractivity contribution is -0.104. The van der Waals surface area contributed by atoms with Crippen LogP contribution in [0.1, 0.15) is 75.1 Å². The van der Waals surface area contributed by atoms with Crippen molar-refractivity contribution in [3.63, 3.8) is 0 Å². The molecule has 0 spiro atoms. The molecule has 220 valence electrons. The molecule has 0 radical (unpaired) electrons. The third-order valence-corrected chi connectivity index (χ3v) is 6.02. The van der Waals surface area contributed by atoms with Crippen LogP contribution in [-0.4, -0.2) is 63.1 Å². The summed E-state index contributed by atoms with van der Waals surface area (Å²) in [5, 5.41) is 20.0. The molecule has 6 N–H and O–H groups in total. The Morgan fingerprint density at radius 3 is 0.974 bits per heavy atom. The Hall–Kier alpha value is -2.24. The van der Waals surface area contributed by atoms with E-state index in [1.165, 1.54) is 0 Å². The highest BCUT2D eigenvalue weighted by Crippen LogP contribution is 2.17. The third kappa shape index (κ3) is 16.5. The van der Waals surface area contributed by atoms with E-state index in [2.05, 4.69) is 0 Å². The summed E-state index contributed by atoms with van der Waals surface area (Å²) >= 11 is 0. The Balaban J connectivity index is 1.24. The van der Waals surface area contributed by atoms with Gasteiger partial charge in [0.05, 0.1) is 13.2 Å². The number of hydrogen-bond donors (Lipinski definition) is 4. The summed E-state index contributed by atoms with van der Waals surface area (Å²) in [6.45, 7) is 5.34. The first kappa shape index (κ1) is 33.0. The summed E-state index contributed by atoms with van der Waals surface area (Å²) in [6.07, 6.45) is 5.57. The fourth-order valence-corrected chi connectivity index (χ4v) is 3.64. The van der Waals surface area contributed by atoms with Crippen molar-refractivity contribution in [2.75, 3.05) is 64.3 Å². The molecule has 2 atom stereocenters. The van der Waals surface area contributed by atoms with Gasteiger partial charge in [-0.1, -0.05) is 24.3 Å². The molecule has 9 heteroatoms. The maximum atomic E-state index is 9.99. The van der Waals surface area contributed by atoms with Gasteiger partial charge in [0.1, 0.15) is 0 Å². The van der Waals surface area contributed by atoms with Gasteiger partial charge in [-0.25, -0.2) is 0 Å². The van der Waals surface area contributed by atoms with Gasteiger partial charge in [-0.05, 0) is 75.6 Å². The van der Waals surface area contributed by atoms with E-state index in [0.29, 0.717) is 48.9 Å². The number of anilines is 2. The van der Waals surface area contributed by atoms with E-state index in [1.807, 2.05) is 0 Å². The van der Waals surface area contributed by atoms with Crippen LogP contribution in [0.2, 0.25) is 0 Å². The largest absolute Gasteiger partial charge is 0.399 e. The fourth-order valence-electron chi connectivity index (χ4n) is 3.64. The van der Waals surface area contributed by atoms with Crippen molar-refractivity contribution in [3.8, 4) is 0 Å². The molecular weight excluding hydrogens is 500 g/mol. The van der Waals surface area contributed by atoms with E-state index in [1.54, 1.807) is 48.5 Å². The van der Waals surface area contributed by atoms with Gasteiger partial charge in [-0.2, -0.15) is 0 Å². The molecule has 0 aromatic heterocycles. The van der Waals surface area contributed by atoms with Crippen molar-refractivity contribution < 1.29 is 33.9 Å². The molecule has 0 heterocycles. The topological polar surface area (TPSA) is 139 Å². The van der Waals surface area contributed by atoms with E-state index >= 15 is 0 Å². The first-order valence-electron chi connectivity index (χ1n) is 14.1. The van der Waals surface area contributed by atoms with Crippen LogP contribution in [0, 0.1) is 0 Å². The molecule has 0 aliphatic heterocycles. The van der Waals surface area contributed by atoms with E-state index in [4.69, 9.17) is 35.2 Å². The minimum absolute atomic E-state index is 0.486. The van der Waals surface area contributed by atoms with Gasteiger partial charge < -0.3 is 45.4 Å². The van der Waals surface area contributed by atoms with Gasteiger partial charge in [0.2, 0.25) is 0 Å². The van der Waals surface area contributed by atoms with Crippen molar-refractivity contribution in [2.45, 2.75) is 63.9 Å². The predicted molar refractivity (Wildman–Crippen MR) is 153 cm³/mol. The number of nitrogens with two attached hydrogens (primary N) is 2. The zero-order valence-corrected chi connectivity index (χ0v) is 23.2. The molecule has 0 fully saturated rings. The number of unbranched alkanes of at least 4 members (excludes halogenated alkanes) is 4. The Bertz CT molecular complexity index is 767. The Morgan fingerprint density at radius 1 is 0.436 bits per heavy atom. The predicted octanol–water partition coefficient (Wildman–Crippen LogP) is 4.74.